The number of hydrogen-bond donors (Lipinski definition) is 2. The molecular formula is C16H23NO3. The molecular weight excluding hydrogens is 254 g/mol. The maximum absolute atomic E-state index is 12.4. The zero-order valence-electron chi connectivity index (χ0n) is 12.0. The fraction of sp³-hybridized carbons (Fsp3) is 0.562. The van der Waals surface area contributed by atoms with Crippen LogP contribution in [0.15, 0.2) is 24.3 Å². The number of para-hydroxylation sites is 1. The first-order chi connectivity index (χ1) is 9.74. The van der Waals surface area contributed by atoms with E-state index in [9.17, 15) is 4.79 Å². The number of carbonyl (C=O) groups is 1. The van der Waals surface area contributed by atoms with Gasteiger partial charge in [0.25, 0.3) is 0 Å². The first-order valence-corrected chi connectivity index (χ1v) is 7.27. The van der Waals surface area contributed by atoms with Crippen LogP contribution in [0.4, 0.5) is 0 Å². The van der Waals surface area contributed by atoms with Crippen molar-refractivity contribution in [3.05, 3.63) is 29.8 Å². The predicted molar refractivity (Wildman–Crippen MR) is 77.9 cm³/mol. The van der Waals surface area contributed by atoms with E-state index in [2.05, 4.69) is 5.32 Å². The molecule has 0 aliphatic heterocycles. The molecule has 1 fully saturated rings. The maximum atomic E-state index is 12.4. The minimum absolute atomic E-state index is 0.103. The Morgan fingerprint density at radius 1 is 1.30 bits per heavy atom. The topological polar surface area (TPSA) is 58.6 Å². The molecule has 20 heavy (non-hydrogen) atoms. The van der Waals surface area contributed by atoms with E-state index in [0.717, 1.165) is 43.4 Å². The molecule has 2 N–H and O–H groups in total. The number of unbranched alkanes of at least 4 members (excludes halogenated alkanes) is 2. The van der Waals surface area contributed by atoms with Crippen molar-refractivity contribution in [2.75, 3.05) is 20.3 Å². The molecule has 1 aliphatic rings. The molecule has 1 aromatic rings. The molecule has 1 aliphatic carbocycles. The Morgan fingerprint density at radius 3 is 2.70 bits per heavy atom. The molecule has 1 aromatic carbocycles. The van der Waals surface area contributed by atoms with Gasteiger partial charge in [0.1, 0.15) is 5.75 Å². The Hall–Kier alpha value is -1.55. The smallest absolute Gasteiger partial charge is 0.230 e. The number of hydrogen-bond acceptors (Lipinski definition) is 3. The molecule has 2 rings (SSSR count). The van der Waals surface area contributed by atoms with Gasteiger partial charge in [-0.15, -0.1) is 0 Å². The third-order valence-electron chi connectivity index (χ3n) is 3.93. The molecule has 110 valence electrons. The maximum Gasteiger partial charge on any atom is 0.230 e. The number of ether oxygens (including phenoxy) is 1. The van der Waals surface area contributed by atoms with E-state index in [1.54, 1.807) is 7.11 Å². The molecule has 0 aromatic heterocycles. The number of aliphatic hydroxyl groups is 1. The Kier molecular flexibility index (Phi) is 5.01. The zero-order valence-corrected chi connectivity index (χ0v) is 12.0. The third kappa shape index (κ3) is 3.12. The van der Waals surface area contributed by atoms with Crippen LogP contribution in [-0.4, -0.2) is 31.3 Å². The van der Waals surface area contributed by atoms with Crippen LogP contribution in [0.3, 0.4) is 0 Å². The normalized spacial score (nSPS) is 15.7. The lowest BCUT2D eigenvalue weighted by molar-refractivity contribution is -0.123. The minimum atomic E-state index is -0.385. The molecule has 0 bridgehead atoms. The first-order valence-electron chi connectivity index (χ1n) is 7.27. The molecule has 0 heterocycles. The van der Waals surface area contributed by atoms with Crippen molar-refractivity contribution in [1.29, 1.82) is 0 Å². The average molecular weight is 277 g/mol. The first kappa shape index (κ1) is 14.9. The highest BCUT2D eigenvalue weighted by Crippen LogP contribution is 2.51. The number of aliphatic hydroxyl groups excluding tert-OH is 1. The van der Waals surface area contributed by atoms with Crippen LogP contribution in [0.2, 0.25) is 0 Å². The van der Waals surface area contributed by atoms with Crippen molar-refractivity contribution in [3.63, 3.8) is 0 Å². The summed E-state index contributed by atoms with van der Waals surface area (Å²) >= 11 is 0. The molecule has 0 radical (unpaired) electrons. The molecule has 0 spiro atoms. The zero-order chi connectivity index (χ0) is 14.4. The SMILES string of the molecule is COc1ccccc1C1(C(=O)NCCCCCO)CC1. The van der Waals surface area contributed by atoms with Gasteiger partial charge in [0, 0.05) is 18.7 Å². The van der Waals surface area contributed by atoms with E-state index in [0.29, 0.717) is 6.54 Å². The summed E-state index contributed by atoms with van der Waals surface area (Å²) < 4.78 is 5.37. The van der Waals surface area contributed by atoms with Crippen LogP contribution in [0.1, 0.15) is 37.7 Å². The standard InChI is InChI=1S/C16H23NO3/c1-20-14-8-4-3-7-13(14)16(9-10-16)15(19)17-11-5-2-6-12-18/h3-4,7-8,18H,2,5-6,9-12H2,1H3,(H,17,19). The lowest BCUT2D eigenvalue weighted by atomic mass is 9.94. The van der Waals surface area contributed by atoms with Crippen LogP contribution < -0.4 is 10.1 Å². The van der Waals surface area contributed by atoms with Gasteiger partial charge in [0.2, 0.25) is 5.91 Å². The minimum Gasteiger partial charge on any atom is -0.496 e. The lowest BCUT2D eigenvalue weighted by Crippen LogP contribution is -2.35. The summed E-state index contributed by atoms with van der Waals surface area (Å²) in [6, 6.07) is 7.76. The lowest BCUT2D eigenvalue weighted by Gasteiger charge is -2.18. The van der Waals surface area contributed by atoms with Gasteiger partial charge in [-0.2, -0.15) is 0 Å². The van der Waals surface area contributed by atoms with Crippen molar-refractivity contribution < 1.29 is 14.6 Å². The van der Waals surface area contributed by atoms with Crippen molar-refractivity contribution >= 4 is 5.91 Å². The highest BCUT2D eigenvalue weighted by atomic mass is 16.5. The summed E-state index contributed by atoms with van der Waals surface area (Å²) in [6.45, 7) is 0.898. The van der Waals surface area contributed by atoms with Gasteiger partial charge in [-0.1, -0.05) is 18.2 Å². The predicted octanol–water partition coefficient (Wildman–Crippen LogP) is 2.01. The van der Waals surface area contributed by atoms with Crippen molar-refractivity contribution in [3.8, 4) is 5.75 Å². The van der Waals surface area contributed by atoms with Crippen LogP contribution in [0.5, 0.6) is 5.75 Å². The summed E-state index contributed by atoms with van der Waals surface area (Å²) in [5, 5.41) is 11.7. The number of methoxy groups -OCH3 is 1. The highest BCUT2D eigenvalue weighted by molar-refractivity contribution is 5.92. The van der Waals surface area contributed by atoms with E-state index < -0.39 is 0 Å². The van der Waals surface area contributed by atoms with Gasteiger partial charge in [-0.3, -0.25) is 4.79 Å². The Labute approximate surface area is 120 Å². The second kappa shape index (κ2) is 6.75. The van der Waals surface area contributed by atoms with E-state index in [4.69, 9.17) is 9.84 Å². The van der Waals surface area contributed by atoms with E-state index in [1.165, 1.54) is 0 Å². The van der Waals surface area contributed by atoms with Gasteiger partial charge in [-0.25, -0.2) is 0 Å². The fourth-order valence-electron chi connectivity index (χ4n) is 2.57. The van der Waals surface area contributed by atoms with Crippen LogP contribution in [0.25, 0.3) is 0 Å². The van der Waals surface area contributed by atoms with Gasteiger partial charge in [-0.05, 0) is 38.2 Å². The second-order valence-electron chi connectivity index (χ2n) is 5.32. The van der Waals surface area contributed by atoms with E-state index >= 15 is 0 Å². The Balaban J connectivity index is 1.95. The molecule has 4 nitrogen and oxygen atoms in total. The summed E-state index contributed by atoms with van der Waals surface area (Å²) in [7, 11) is 1.64. The van der Waals surface area contributed by atoms with E-state index in [1.807, 2.05) is 24.3 Å². The summed E-state index contributed by atoms with van der Waals surface area (Å²) in [6.07, 6.45) is 4.42. The molecule has 1 amide bonds. The van der Waals surface area contributed by atoms with Gasteiger partial charge >= 0.3 is 0 Å². The second-order valence-corrected chi connectivity index (χ2v) is 5.32. The molecule has 0 saturated heterocycles. The van der Waals surface area contributed by atoms with E-state index in [-0.39, 0.29) is 17.9 Å². The Bertz CT molecular complexity index is 455. The number of nitrogens with one attached hydrogen (secondary N) is 1. The van der Waals surface area contributed by atoms with Crippen molar-refractivity contribution in [1.82, 2.24) is 5.32 Å². The molecule has 0 unspecified atom stereocenters. The highest BCUT2D eigenvalue weighted by Gasteiger charge is 2.52. The Morgan fingerprint density at radius 2 is 2.05 bits per heavy atom. The molecule has 1 saturated carbocycles. The van der Waals surface area contributed by atoms with Crippen LogP contribution in [-0.2, 0) is 10.2 Å². The number of carbonyl (C=O) groups excluding carboxylic acids is 1. The summed E-state index contributed by atoms with van der Waals surface area (Å²) in [5.74, 6) is 0.895. The molecule has 4 heteroatoms. The van der Waals surface area contributed by atoms with Gasteiger partial charge in [0.05, 0.1) is 12.5 Å². The van der Waals surface area contributed by atoms with Crippen molar-refractivity contribution in [2.24, 2.45) is 0 Å². The fourth-order valence-corrected chi connectivity index (χ4v) is 2.57. The number of benzene rings is 1. The largest absolute Gasteiger partial charge is 0.496 e. The molecule has 0 atom stereocenters. The van der Waals surface area contributed by atoms with Gasteiger partial charge in [0.15, 0.2) is 0 Å². The third-order valence-corrected chi connectivity index (χ3v) is 3.93. The summed E-state index contributed by atoms with van der Waals surface area (Å²) in [4.78, 5) is 12.4. The quantitative estimate of drug-likeness (QED) is 0.715. The number of amides is 1. The van der Waals surface area contributed by atoms with Gasteiger partial charge < -0.3 is 15.2 Å². The average Bonchev–Trinajstić information content (AvgIpc) is 3.28. The van der Waals surface area contributed by atoms with Crippen LogP contribution in [0, 0.1) is 0 Å². The monoisotopic (exact) mass is 277 g/mol. The summed E-state index contributed by atoms with van der Waals surface area (Å²) in [5.41, 5.74) is 0.610. The van der Waals surface area contributed by atoms with Crippen molar-refractivity contribution in [2.45, 2.75) is 37.5 Å². The number of rotatable bonds is 8. The van der Waals surface area contributed by atoms with Crippen LogP contribution >= 0.6 is 0 Å².